The molecule has 3 fully saturated rings. The number of esters is 3. The van der Waals surface area contributed by atoms with E-state index in [9.17, 15) is 19.5 Å². The minimum absolute atomic E-state index is 0.207. The average molecular weight is 422 g/mol. The molecule has 7 atom stereocenters. The summed E-state index contributed by atoms with van der Waals surface area (Å²) in [5, 5.41) is 11.1. The minimum Gasteiger partial charge on any atom is -0.456 e. The summed E-state index contributed by atoms with van der Waals surface area (Å²) < 4.78 is 22.4. The molecule has 2 aliphatic carbocycles. The van der Waals surface area contributed by atoms with Gasteiger partial charge in [-0.2, -0.15) is 0 Å². The predicted octanol–water partition coefficient (Wildman–Crippen LogP) is 2.17. The quantitative estimate of drug-likeness (QED) is 0.418. The zero-order chi connectivity index (χ0) is 22.3. The predicted molar refractivity (Wildman–Crippen MR) is 103 cm³/mol. The number of hydrogen-bond acceptors (Lipinski definition) is 8. The fourth-order valence-electron chi connectivity index (χ4n) is 5.83. The Hall–Kier alpha value is -1.93. The molecule has 0 aromatic carbocycles. The van der Waals surface area contributed by atoms with E-state index in [1.54, 1.807) is 27.7 Å². The lowest BCUT2D eigenvalue weighted by atomic mass is 9.52. The summed E-state index contributed by atoms with van der Waals surface area (Å²) in [6.07, 6.45) is 0.703. The number of fused-ring (bicyclic) bond motifs is 2. The van der Waals surface area contributed by atoms with Gasteiger partial charge in [0, 0.05) is 30.4 Å². The normalized spacial score (nSPS) is 47.2. The second-order valence-electron chi connectivity index (χ2n) is 9.94. The van der Waals surface area contributed by atoms with E-state index in [2.05, 4.69) is 0 Å². The summed E-state index contributed by atoms with van der Waals surface area (Å²) in [6, 6.07) is 0. The molecule has 8 heteroatoms. The van der Waals surface area contributed by atoms with Crippen LogP contribution in [0.3, 0.4) is 0 Å². The maximum absolute atomic E-state index is 12.7. The van der Waals surface area contributed by atoms with E-state index in [0.717, 1.165) is 0 Å². The van der Waals surface area contributed by atoms with Gasteiger partial charge in [-0.05, 0) is 52.4 Å². The van der Waals surface area contributed by atoms with Gasteiger partial charge in [0.05, 0.1) is 6.10 Å². The van der Waals surface area contributed by atoms with Crippen molar-refractivity contribution < 1.29 is 38.4 Å². The van der Waals surface area contributed by atoms with E-state index >= 15 is 0 Å². The first kappa shape index (κ1) is 21.3. The fraction of sp³-hybridized carbons (Fsp3) is 0.773. The number of carbonyl (C=O) groups excluding carboxylic acids is 3. The molecule has 0 spiro atoms. The molecule has 0 aromatic rings. The topological polar surface area (TPSA) is 112 Å². The van der Waals surface area contributed by atoms with Gasteiger partial charge in [0.2, 0.25) is 5.79 Å². The first-order chi connectivity index (χ1) is 13.8. The number of ether oxygens (including phenoxy) is 4. The summed E-state index contributed by atoms with van der Waals surface area (Å²) in [4.78, 5) is 37.0. The van der Waals surface area contributed by atoms with E-state index in [1.165, 1.54) is 6.92 Å². The van der Waals surface area contributed by atoms with Crippen LogP contribution in [-0.4, -0.2) is 52.2 Å². The average Bonchev–Trinajstić information content (AvgIpc) is 3.16. The van der Waals surface area contributed by atoms with Crippen molar-refractivity contribution in [2.24, 2.45) is 11.3 Å². The largest absolute Gasteiger partial charge is 0.456 e. The summed E-state index contributed by atoms with van der Waals surface area (Å²) in [7, 11) is 0. The molecule has 0 bridgehead atoms. The molecule has 2 aliphatic heterocycles. The first-order valence-electron chi connectivity index (χ1n) is 10.5. The van der Waals surface area contributed by atoms with Crippen molar-refractivity contribution in [1.29, 1.82) is 0 Å². The van der Waals surface area contributed by atoms with Crippen LogP contribution in [0, 0.1) is 11.3 Å². The number of rotatable bonds is 3. The maximum atomic E-state index is 12.7. The molecule has 4 rings (SSSR count). The summed E-state index contributed by atoms with van der Waals surface area (Å²) in [5.41, 5.74) is -1.68. The second kappa shape index (κ2) is 6.29. The Bertz CT molecular complexity index is 863. The molecule has 166 valence electrons. The van der Waals surface area contributed by atoms with Gasteiger partial charge in [0.15, 0.2) is 5.60 Å². The van der Waals surface area contributed by atoms with Crippen LogP contribution in [0.5, 0.6) is 0 Å². The Balaban J connectivity index is 1.70. The highest BCUT2D eigenvalue weighted by molar-refractivity contribution is 5.92. The van der Waals surface area contributed by atoms with E-state index in [1.807, 2.05) is 6.92 Å². The first-order valence-corrected chi connectivity index (χ1v) is 10.5. The number of aliphatic hydroxyl groups is 1. The van der Waals surface area contributed by atoms with Gasteiger partial charge >= 0.3 is 17.9 Å². The Labute approximate surface area is 175 Å². The van der Waals surface area contributed by atoms with Gasteiger partial charge in [-0.25, -0.2) is 9.59 Å². The molecular formula is C22H30O8. The van der Waals surface area contributed by atoms with Gasteiger partial charge < -0.3 is 24.1 Å². The summed E-state index contributed by atoms with van der Waals surface area (Å²) >= 11 is 0. The molecule has 7 unspecified atom stereocenters. The van der Waals surface area contributed by atoms with E-state index < -0.39 is 46.4 Å². The van der Waals surface area contributed by atoms with Crippen LogP contribution in [-0.2, 0) is 33.3 Å². The molecule has 2 saturated carbocycles. The van der Waals surface area contributed by atoms with Crippen LogP contribution in [0.4, 0.5) is 0 Å². The molecule has 0 amide bonds. The van der Waals surface area contributed by atoms with E-state index in [-0.39, 0.29) is 18.4 Å². The highest BCUT2D eigenvalue weighted by atomic mass is 16.7. The smallest absolute Gasteiger partial charge is 0.341 e. The van der Waals surface area contributed by atoms with Gasteiger partial charge in [-0.3, -0.25) is 4.79 Å². The second-order valence-corrected chi connectivity index (χ2v) is 9.94. The SMILES string of the molecule is CC(=O)OC1(C)C(OC(=O)C2(C)OC2C)CCC2(C)CC3(O)OC(=O)C(C)=C3CC21. The van der Waals surface area contributed by atoms with Crippen LogP contribution in [0.15, 0.2) is 11.1 Å². The van der Waals surface area contributed by atoms with Crippen molar-refractivity contribution in [2.45, 2.75) is 96.4 Å². The highest BCUT2D eigenvalue weighted by Gasteiger charge is 2.66. The Morgan fingerprint density at radius 1 is 1.23 bits per heavy atom. The number of hydrogen-bond donors (Lipinski definition) is 1. The van der Waals surface area contributed by atoms with Crippen LogP contribution in [0.25, 0.3) is 0 Å². The number of carbonyl (C=O) groups is 3. The fourth-order valence-corrected chi connectivity index (χ4v) is 5.83. The standard InChI is InChI=1S/C22H30O8/c1-11-14-9-15-19(4,10-22(14,26)30-17(11)24)8-7-16(21(15,6)29-13(3)23)27-18(25)20(5)12(2)28-20/h12,15-16,26H,7-10H2,1-6H3. The molecule has 30 heavy (non-hydrogen) atoms. The third-order valence-electron chi connectivity index (χ3n) is 7.85. The zero-order valence-electron chi connectivity index (χ0n) is 18.4. The van der Waals surface area contributed by atoms with Crippen molar-refractivity contribution in [3.05, 3.63) is 11.1 Å². The lowest BCUT2D eigenvalue weighted by molar-refractivity contribution is -0.248. The maximum Gasteiger partial charge on any atom is 0.341 e. The molecule has 2 heterocycles. The Morgan fingerprint density at radius 2 is 1.87 bits per heavy atom. The summed E-state index contributed by atoms with van der Waals surface area (Å²) in [5.74, 6) is -3.37. The minimum atomic E-state index is -1.63. The van der Waals surface area contributed by atoms with Crippen LogP contribution >= 0.6 is 0 Å². The molecule has 4 aliphatic rings. The van der Waals surface area contributed by atoms with Crippen LogP contribution in [0.1, 0.15) is 67.2 Å². The molecule has 8 nitrogen and oxygen atoms in total. The van der Waals surface area contributed by atoms with Crippen LogP contribution < -0.4 is 0 Å². The molecule has 1 saturated heterocycles. The van der Waals surface area contributed by atoms with Crippen LogP contribution in [0.2, 0.25) is 0 Å². The van der Waals surface area contributed by atoms with Gasteiger partial charge in [-0.15, -0.1) is 0 Å². The molecule has 0 radical (unpaired) electrons. The van der Waals surface area contributed by atoms with E-state index in [4.69, 9.17) is 18.9 Å². The van der Waals surface area contributed by atoms with Crippen molar-refractivity contribution in [2.75, 3.05) is 0 Å². The Morgan fingerprint density at radius 3 is 2.43 bits per heavy atom. The van der Waals surface area contributed by atoms with Crippen molar-refractivity contribution in [3.8, 4) is 0 Å². The summed E-state index contributed by atoms with van der Waals surface area (Å²) in [6.45, 7) is 10.2. The third kappa shape index (κ3) is 2.91. The molecular weight excluding hydrogens is 392 g/mol. The zero-order valence-corrected chi connectivity index (χ0v) is 18.4. The molecule has 1 N–H and O–H groups in total. The highest BCUT2D eigenvalue weighted by Crippen LogP contribution is 2.61. The lowest BCUT2D eigenvalue weighted by Crippen LogP contribution is -2.63. The third-order valence-corrected chi connectivity index (χ3v) is 7.85. The number of epoxide rings is 1. The lowest BCUT2D eigenvalue weighted by Gasteiger charge is -2.58. The van der Waals surface area contributed by atoms with Gasteiger partial charge in [0.25, 0.3) is 0 Å². The Kier molecular flexibility index (Phi) is 4.47. The van der Waals surface area contributed by atoms with E-state index in [0.29, 0.717) is 30.4 Å². The molecule has 0 aromatic heterocycles. The van der Waals surface area contributed by atoms with Crippen molar-refractivity contribution in [3.63, 3.8) is 0 Å². The monoisotopic (exact) mass is 422 g/mol. The van der Waals surface area contributed by atoms with Gasteiger partial charge in [-0.1, -0.05) is 6.92 Å². The van der Waals surface area contributed by atoms with Gasteiger partial charge in [0.1, 0.15) is 11.7 Å². The van der Waals surface area contributed by atoms with Crippen molar-refractivity contribution in [1.82, 2.24) is 0 Å². The van der Waals surface area contributed by atoms with Crippen molar-refractivity contribution >= 4 is 17.9 Å².